The fourth-order valence-corrected chi connectivity index (χ4v) is 3.19. The molecule has 4 nitrogen and oxygen atoms in total. The Morgan fingerprint density at radius 1 is 1.35 bits per heavy atom. The molecule has 0 bridgehead atoms. The van der Waals surface area contributed by atoms with E-state index >= 15 is 0 Å². The van der Waals surface area contributed by atoms with E-state index in [4.69, 9.17) is 5.73 Å². The van der Waals surface area contributed by atoms with Gasteiger partial charge in [-0.1, -0.05) is 20.8 Å². The van der Waals surface area contributed by atoms with Crippen LogP contribution in [0.15, 0.2) is 5.38 Å². The summed E-state index contributed by atoms with van der Waals surface area (Å²) in [6.45, 7) is 11.2. The van der Waals surface area contributed by atoms with Gasteiger partial charge in [0.15, 0.2) is 0 Å². The van der Waals surface area contributed by atoms with E-state index in [-0.39, 0.29) is 29.3 Å². The van der Waals surface area contributed by atoms with Gasteiger partial charge >= 0.3 is 0 Å². The predicted molar refractivity (Wildman–Crippen MR) is 87.7 cm³/mol. The SMILES string of the molecule is CC(C)(C)CC(C)(C)NC(=O)c1csc(CCN)n1.Cl. The van der Waals surface area contributed by atoms with Crippen molar-refractivity contribution in [3.63, 3.8) is 0 Å². The highest BCUT2D eigenvalue weighted by molar-refractivity contribution is 7.09. The lowest BCUT2D eigenvalue weighted by atomic mass is 9.82. The molecule has 0 radical (unpaired) electrons. The Hall–Kier alpha value is -0.650. The van der Waals surface area contributed by atoms with Gasteiger partial charge in [0.05, 0.1) is 5.01 Å². The van der Waals surface area contributed by atoms with Crippen LogP contribution < -0.4 is 11.1 Å². The average Bonchev–Trinajstić information content (AvgIpc) is 2.61. The fourth-order valence-electron chi connectivity index (χ4n) is 2.39. The number of hydrogen-bond donors (Lipinski definition) is 2. The molecule has 1 aromatic heterocycles. The number of carbonyl (C=O) groups is 1. The van der Waals surface area contributed by atoms with E-state index in [1.807, 2.05) is 13.8 Å². The Morgan fingerprint density at radius 2 is 1.95 bits per heavy atom. The number of nitrogens with zero attached hydrogens (tertiary/aromatic N) is 1. The molecular weight excluding hydrogens is 294 g/mol. The molecule has 20 heavy (non-hydrogen) atoms. The number of aromatic nitrogens is 1. The molecule has 0 aliphatic heterocycles. The van der Waals surface area contributed by atoms with Crippen LogP contribution in [0.3, 0.4) is 0 Å². The van der Waals surface area contributed by atoms with Gasteiger partial charge in [-0.3, -0.25) is 4.79 Å². The third-order valence-electron chi connectivity index (χ3n) is 2.57. The molecule has 0 unspecified atom stereocenters. The number of nitrogens with one attached hydrogen (secondary N) is 1. The van der Waals surface area contributed by atoms with Crippen LogP contribution in [0, 0.1) is 5.41 Å². The van der Waals surface area contributed by atoms with Crippen molar-refractivity contribution in [2.45, 2.75) is 53.0 Å². The Morgan fingerprint density at radius 3 is 2.45 bits per heavy atom. The fraction of sp³-hybridized carbons (Fsp3) is 0.714. The lowest BCUT2D eigenvalue weighted by molar-refractivity contribution is 0.0887. The molecule has 1 heterocycles. The third kappa shape index (κ3) is 6.68. The number of halogens is 1. The molecule has 0 atom stereocenters. The van der Waals surface area contributed by atoms with Gasteiger partial charge < -0.3 is 11.1 Å². The van der Waals surface area contributed by atoms with Gasteiger partial charge in [0, 0.05) is 17.3 Å². The summed E-state index contributed by atoms with van der Waals surface area (Å²) in [6.07, 6.45) is 1.63. The van der Waals surface area contributed by atoms with Crippen LogP contribution in [0.4, 0.5) is 0 Å². The van der Waals surface area contributed by atoms with Gasteiger partial charge in [-0.25, -0.2) is 4.98 Å². The maximum atomic E-state index is 12.2. The zero-order chi connectivity index (χ0) is 14.7. The number of hydrogen-bond acceptors (Lipinski definition) is 4. The summed E-state index contributed by atoms with van der Waals surface area (Å²) in [5, 5.41) is 5.78. The number of nitrogens with two attached hydrogens (primary N) is 1. The number of amides is 1. The first-order chi connectivity index (χ1) is 8.63. The molecule has 1 rings (SSSR count). The Kier molecular flexibility index (Phi) is 7.14. The number of carbonyl (C=O) groups excluding carboxylic acids is 1. The summed E-state index contributed by atoms with van der Waals surface area (Å²) in [7, 11) is 0. The van der Waals surface area contributed by atoms with Crippen molar-refractivity contribution in [1.29, 1.82) is 0 Å². The highest BCUT2D eigenvalue weighted by Gasteiger charge is 2.27. The Balaban J connectivity index is 0.00000361. The second-order valence-corrected chi connectivity index (χ2v) is 7.68. The number of thiazole rings is 1. The molecular formula is C14H26ClN3OS. The average molecular weight is 320 g/mol. The standard InChI is InChI=1S/C14H25N3OS.ClH/c1-13(2,3)9-14(4,5)17-12(18)10-8-19-11(16-10)6-7-15;/h8H,6-7,9,15H2,1-5H3,(H,17,18);1H. The van der Waals surface area contributed by atoms with Crippen molar-refractivity contribution in [3.05, 3.63) is 16.1 Å². The van der Waals surface area contributed by atoms with E-state index < -0.39 is 0 Å². The predicted octanol–water partition coefficient (Wildman–Crippen LogP) is 3.01. The highest BCUT2D eigenvalue weighted by atomic mass is 35.5. The molecule has 116 valence electrons. The zero-order valence-corrected chi connectivity index (χ0v) is 14.6. The van der Waals surface area contributed by atoms with Crippen molar-refractivity contribution in [2.24, 2.45) is 11.1 Å². The van der Waals surface area contributed by atoms with Crippen molar-refractivity contribution < 1.29 is 4.79 Å². The molecule has 0 aromatic carbocycles. The molecule has 3 N–H and O–H groups in total. The second-order valence-electron chi connectivity index (χ2n) is 6.74. The molecule has 0 spiro atoms. The Labute approximate surface area is 132 Å². The van der Waals surface area contributed by atoms with E-state index in [2.05, 4.69) is 31.1 Å². The highest BCUT2D eigenvalue weighted by Crippen LogP contribution is 2.27. The van der Waals surface area contributed by atoms with Gasteiger partial charge in [-0.05, 0) is 32.2 Å². The third-order valence-corrected chi connectivity index (χ3v) is 3.48. The van der Waals surface area contributed by atoms with Gasteiger partial charge in [0.25, 0.3) is 5.91 Å². The zero-order valence-electron chi connectivity index (χ0n) is 12.9. The minimum Gasteiger partial charge on any atom is -0.346 e. The summed E-state index contributed by atoms with van der Waals surface area (Å²) in [6, 6.07) is 0. The quantitative estimate of drug-likeness (QED) is 0.876. The minimum absolute atomic E-state index is 0. The summed E-state index contributed by atoms with van der Waals surface area (Å²) in [5.41, 5.74) is 5.91. The maximum absolute atomic E-state index is 12.2. The smallest absolute Gasteiger partial charge is 0.271 e. The van der Waals surface area contributed by atoms with E-state index in [0.717, 1.165) is 17.8 Å². The van der Waals surface area contributed by atoms with Crippen LogP contribution in [-0.4, -0.2) is 23.0 Å². The molecule has 6 heteroatoms. The molecule has 0 aliphatic carbocycles. The minimum atomic E-state index is -0.243. The molecule has 0 saturated carbocycles. The summed E-state index contributed by atoms with van der Waals surface area (Å²) in [4.78, 5) is 16.5. The van der Waals surface area contributed by atoms with Gasteiger partial charge in [0.1, 0.15) is 5.69 Å². The molecule has 1 amide bonds. The monoisotopic (exact) mass is 319 g/mol. The lowest BCUT2D eigenvalue weighted by Crippen LogP contribution is -2.45. The van der Waals surface area contributed by atoms with Crippen LogP contribution >= 0.6 is 23.7 Å². The lowest BCUT2D eigenvalue weighted by Gasteiger charge is -2.33. The van der Waals surface area contributed by atoms with Crippen molar-refractivity contribution >= 4 is 29.7 Å². The van der Waals surface area contributed by atoms with Crippen molar-refractivity contribution in [2.75, 3.05) is 6.54 Å². The van der Waals surface area contributed by atoms with Gasteiger partial charge in [-0.2, -0.15) is 0 Å². The van der Waals surface area contributed by atoms with E-state index in [9.17, 15) is 4.79 Å². The van der Waals surface area contributed by atoms with Crippen molar-refractivity contribution in [1.82, 2.24) is 10.3 Å². The van der Waals surface area contributed by atoms with Crippen LogP contribution in [0.2, 0.25) is 0 Å². The van der Waals surface area contributed by atoms with E-state index in [1.54, 1.807) is 5.38 Å². The maximum Gasteiger partial charge on any atom is 0.271 e. The topological polar surface area (TPSA) is 68.0 Å². The molecule has 0 fully saturated rings. The summed E-state index contributed by atoms with van der Waals surface area (Å²) in [5.74, 6) is -0.103. The number of rotatable bonds is 5. The van der Waals surface area contributed by atoms with E-state index in [1.165, 1.54) is 11.3 Å². The first-order valence-corrected chi connectivity index (χ1v) is 7.48. The van der Waals surface area contributed by atoms with Gasteiger partial charge in [0.2, 0.25) is 0 Å². The van der Waals surface area contributed by atoms with Crippen LogP contribution in [0.5, 0.6) is 0 Å². The second kappa shape index (κ2) is 7.38. The molecule has 0 aliphatic rings. The van der Waals surface area contributed by atoms with Crippen molar-refractivity contribution in [3.8, 4) is 0 Å². The first-order valence-electron chi connectivity index (χ1n) is 6.60. The van der Waals surface area contributed by atoms with Crippen LogP contribution in [-0.2, 0) is 6.42 Å². The van der Waals surface area contributed by atoms with E-state index in [0.29, 0.717) is 12.2 Å². The van der Waals surface area contributed by atoms with Crippen LogP contribution in [0.25, 0.3) is 0 Å². The first kappa shape index (κ1) is 19.4. The summed E-state index contributed by atoms with van der Waals surface area (Å²) < 4.78 is 0. The normalized spacial score (nSPS) is 11.9. The van der Waals surface area contributed by atoms with Gasteiger partial charge in [-0.15, -0.1) is 23.7 Å². The summed E-state index contributed by atoms with van der Waals surface area (Å²) >= 11 is 1.49. The Bertz CT molecular complexity index is 438. The van der Waals surface area contributed by atoms with Crippen LogP contribution in [0.1, 0.15) is 56.5 Å². The molecule has 0 saturated heterocycles. The largest absolute Gasteiger partial charge is 0.346 e. The molecule has 1 aromatic rings.